The molecular formula is C13H21N3O2S2. The van der Waals surface area contributed by atoms with Crippen LogP contribution < -0.4 is 10.6 Å². The zero-order valence-corrected chi connectivity index (χ0v) is 13.3. The molecule has 1 aromatic rings. The van der Waals surface area contributed by atoms with Gasteiger partial charge in [-0.15, -0.1) is 0 Å². The molecule has 5 nitrogen and oxygen atoms in total. The summed E-state index contributed by atoms with van der Waals surface area (Å²) in [5.41, 5.74) is 5.88. The van der Waals surface area contributed by atoms with E-state index >= 15 is 0 Å². The maximum atomic E-state index is 12.6. The van der Waals surface area contributed by atoms with Crippen molar-refractivity contribution in [2.24, 2.45) is 0 Å². The largest absolute Gasteiger partial charge is 0.382 e. The van der Waals surface area contributed by atoms with Crippen LogP contribution in [-0.2, 0) is 9.84 Å². The Hall–Kier alpha value is -0.820. The molecule has 0 bridgehead atoms. The molecular weight excluding hydrogens is 294 g/mol. The first-order chi connectivity index (χ1) is 9.55. The predicted molar refractivity (Wildman–Crippen MR) is 82.0 cm³/mol. The lowest BCUT2D eigenvalue weighted by Crippen LogP contribution is -2.33. The third kappa shape index (κ3) is 2.30. The monoisotopic (exact) mass is 315 g/mol. The van der Waals surface area contributed by atoms with E-state index in [4.69, 9.17) is 5.73 Å². The number of hydrogen-bond donors (Lipinski definition) is 1. The van der Waals surface area contributed by atoms with Gasteiger partial charge in [-0.2, -0.15) is 4.37 Å². The summed E-state index contributed by atoms with van der Waals surface area (Å²) in [6, 6.07) is 0.438. The molecule has 0 amide bonds. The van der Waals surface area contributed by atoms with Crippen LogP contribution >= 0.6 is 11.5 Å². The highest BCUT2D eigenvalue weighted by atomic mass is 32.2. The van der Waals surface area contributed by atoms with E-state index in [0.717, 1.165) is 37.2 Å². The van der Waals surface area contributed by atoms with Gasteiger partial charge in [0.25, 0.3) is 0 Å². The van der Waals surface area contributed by atoms with E-state index in [1.807, 2.05) is 0 Å². The topological polar surface area (TPSA) is 76.3 Å². The fourth-order valence-electron chi connectivity index (χ4n) is 3.06. The second-order valence-corrected chi connectivity index (χ2v) is 8.59. The van der Waals surface area contributed by atoms with E-state index in [-0.39, 0.29) is 11.1 Å². The SMILES string of the molecule is CCN(c1snc(N)c1S(=O)(=O)C1CC1)C1CCCC1. The van der Waals surface area contributed by atoms with Gasteiger partial charge in [0.2, 0.25) is 0 Å². The maximum Gasteiger partial charge on any atom is 0.187 e. The van der Waals surface area contributed by atoms with Crippen LogP contribution in [0.3, 0.4) is 0 Å². The summed E-state index contributed by atoms with van der Waals surface area (Å²) < 4.78 is 29.3. The third-order valence-electron chi connectivity index (χ3n) is 4.27. The highest BCUT2D eigenvalue weighted by Gasteiger charge is 2.42. The lowest BCUT2D eigenvalue weighted by Gasteiger charge is -2.28. The van der Waals surface area contributed by atoms with Crippen molar-refractivity contribution in [1.29, 1.82) is 0 Å². The number of nitrogen functional groups attached to an aromatic ring is 1. The van der Waals surface area contributed by atoms with E-state index in [1.165, 1.54) is 24.4 Å². The summed E-state index contributed by atoms with van der Waals surface area (Å²) in [5.74, 6) is 0.188. The average Bonchev–Trinajstić information content (AvgIpc) is 3.02. The first-order valence-electron chi connectivity index (χ1n) is 7.31. The van der Waals surface area contributed by atoms with Crippen LogP contribution in [0.15, 0.2) is 4.90 Å². The first kappa shape index (κ1) is 14.1. The quantitative estimate of drug-likeness (QED) is 0.903. The zero-order valence-electron chi connectivity index (χ0n) is 11.7. The summed E-state index contributed by atoms with van der Waals surface area (Å²) >= 11 is 1.24. The molecule has 0 atom stereocenters. The van der Waals surface area contributed by atoms with Crippen molar-refractivity contribution in [2.45, 2.75) is 61.6 Å². The molecule has 0 unspecified atom stereocenters. The highest BCUT2D eigenvalue weighted by molar-refractivity contribution is 7.92. The second-order valence-electron chi connectivity index (χ2n) is 5.67. The molecule has 0 saturated heterocycles. The average molecular weight is 315 g/mol. The Bertz CT molecular complexity index is 587. The molecule has 0 radical (unpaired) electrons. The van der Waals surface area contributed by atoms with E-state index in [2.05, 4.69) is 16.2 Å². The molecule has 2 saturated carbocycles. The molecule has 1 aromatic heterocycles. The smallest absolute Gasteiger partial charge is 0.187 e. The summed E-state index contributed by atoms with van der Waals surface area (Å²) in [6.07, 6.45) is 6.22. The molecule has 0 spiro atoms. The van der Waals surface area contributed by atoms with Gasteiger partial charge < -0.3 is 10.6 Å². The van der Waals surface area contributed by atoms with Gasteiger partial charge in [-0.1, -0.05) is 12.8 Å². The molecule has 0 aromatic carbocycles. The van der Waals surface area contributed by atoms with Gasteiger partial charge in [0, 0.05) is 12.6 Å². The molecule has 2 aliphatic rings. The van der Waals surface area contributed by atoms with Crippen molar-refractivity contribution in [1.82, 2.24) is 4.37 Å². The maximum absolute atomic E-state index is 12.6. The van der Waals surface area contributed by atoms with Gasteiger partial charge in [0.1, 0.15) is 9.90 Å². The molecule has 1 heterocycles. The van der Waals surface area contributed by atoms with Crippen molar-refractivity contribution in [3.8, 4) is 0 Å². The van der Waals surface area contributed by atoms with Gasteiger partial charge in [-0.05, 0) is 44.1 Å². The standard InChI is InChI=1S/C13H21N3O2S2/c1-2-16(9-5-3-4-6-9)13-11(12(14)15-19-13)20(17,18)10-7-8-10/h9-10H,2-8H2,1H3,(H2,14,15). The van der Waals surface area contributed by atoms with Crippen LogP contribution in [0, 0.1) is 0 Å². The minimum absolute atomic E-state index is 0.188. The van der Waals surface area contributed by atoms with Gasteiger partial charge in [-0.3, -0.25) is 0 Å². The zero-order chi connectivity index (χ0) is 14.3. The van der Waals surface area contributed by atoms with Gasteiger partial charge >= 0.3 is 0 Å². The van der Waals surface area contributed by atoms with Crippen LogP contribution in [0.4, 0.5) is 10.8 Å². The van der Waals surface area contributed by atoms with Gasteiger partial charge in [-0.25, -0.2) is 8.42 Å². The Balaban J connectivity index is 2.01. The summed E-state index contributed by atoms with van der Waals surface area (Å²) in [4.78, 5) is 2.51. The Kier molecular flexibility index (Phi) is 3.66. The minimum Gasteiger partial charge on any atom is -0.382 e. The van der Waals surface area contributed by atoms with Crippen LogP contribution in [0.2, 0.25) is 0 Å². The van der Waals surface area contributed by atoms with Crippen LogP contribution in [0.1, 0.15) is 45.4 Å². The highest BCUT2D eigenvalue weighted by Crippen LogP contribution is 2.44. The first-order valence-corrected chi connectivity index (χ1v) is 9.63. The van der Waals surface area contributed by atoms with Crippen molar-refractivity contribution in [3.05, 3.63) is 0 Å². The van der Waals surface area contributed by atoms with Crippen molar-refractivity contribution in [2.75, 3.05) is 17.2 Å². The van der Waals surface area contributed by atoms with E-state index < -0.39 is 9.84 Å². The fraction of sp³-hybridized carbons (Fsp3) is 0.769. The molecule has 112 valence electrons. The van der Waals surface area contributed by atoms with Crippen molar-refractivity contribution in [3.63, 3.8) is 0 Å². The van der Waals surface area contributed by atoms with Crippen molar-refractivity contribution >= 4 is 32.2 Å². The number of anilines is 2. The van der Waals surface area contributed by atoms with E-state index in [0.29, 0.717) is 10.9 Å². The molecule has 3 rings (SSSR count). The van der Waals surface area contributed by atoms with Gasteiger partial charge in [0.05, 0.1) is 5.25 Å². The third-order valence-corrected chi connectivity index (χ3v) is 7.62. The Labute approximate surface area is 124 Å². The van der Waals surface area contributed by atoms with Crippen LogP contribution in [0.25, 0.3) is 0 Å². The molecule has 0 aliphatic heterocycles. The normalized spacial score (nSPS) is 20.4. The molecule has 2 aliphatic carbocycles. The second kappa shape index (κ2) is 5.18. The lowest BCUT2D eigenvalue weighted by molar-refractivity contribution is 0.591. The summed E-state index contributed by atoms with van der Waals surface area (Å²) in [7, 11) is -3.29. The van der Waals surface area contributed by atoms with E-state index in [1.54, 1.807) is 0 Å². The predicted octanol–water partition coefficient (Wildman–Crippen LogP) is 2.43. The number of hydrogen-bond acceptors (Lipinski definition) is 6. The molecule has 2 N–H and O–H groups in total. The van der Waals surface area contributed by atoms with E-state index in [9.17, 15) is 8.42 Å². The number of sulfone groups is 1. The Morgan fingerprint density at radius 3 is 2.50 bits per heavy atom. The number of nitrogens with two attached hydrogens (primary N) is 1. The van der Waals surface area contributed by atoms with Crippen LogP contribution in [0.5, 0.6) is 0 Å². The molecule has 7 heteroatoms. The van der Waals surface area contributed by atoms with Crippen molar-refractivity contribution < 1.29 is 8.42 Å². The Morgan fingerprint density at radius 1 is 1.30 bits per heavy atom. The number of nitrogens with zero attached hydrogens (tertiary/aromatic N) is 2. The lowest BCUT2D eigenvalue weighted by atomic mass is 10.2. The number of rotatable bonds is 5. The molecule has 2 fully saturated rings. The van der Waals surface area contributed by atoms with Crippen LogP contribution in [-0.4, -0.2) is 30.6 Å². The summed E-state index contributed by atoms with van der Waals surface area (Å²) in [5, 5.41) is 0.533. The van der Waals surface area contributed by atoms with Gasteiger partial charge in [0.15, 0.2) is 15.7 Å². The number of aromatic nitrogens is 1. The molecule has 20 heavy (non-hydrogen) atoms. The summed E-state index contributed by atoms with van der Waals surface area (Å²) in [6.45, 7) is 2.88. The minimum atomic E-state index is -3.29. The Morgan fingerprint density at radius 2 is 1.95 bits per heavy atom. The fourth-order valence-corrected chi connectivity index (χ4v) is 6.22.